The van der Waals surface area contributed by atoms with Crippen LogP contribution in [0.2, 0.25) is 0 Å². The second-order valence-corrected chi connectivity index (χ2v) is 2.08. The van der Waals surface area contributed by atoms with Gasteiger partial charge in [-0.1, -0.05) is 0 Å². The lowest BCUT2D eigenvalue weighted by molar-refractivity contribution is -0.918. The highest BCUT2D eigenvalue weighted by Crippen LogP contribution is 1.85. The second kappa shape index (κ2) is 2.41. The summed E-state index contributed by atoms with van der Waals surface area (Å²) in [6, 6.07) is 0. The number of hydrogen-bond acceptors (Lipinski definition) is 8. The first kappa shape index (κ1) is 7.96. The lowest BCUT2D eigenvalue weighted by Crippen LogP contribution is -2.60. The Balaban J connectivity index is 2.94. The lowest BCUT2D eigenvalue weighted by Gasteiger charge is -1.92. The molecule has 2 aromatic rings. The zero-order valence-corrected chi connectivity index (χ0v) is 6.21. The number of nitrogens with zero attached hydrogens (tertiary/aromatic N) is 8. The van der Waals surface area contributed by atoms with Crippen molar-refractivity contribution in [1.82, 2.24) is 20.6 Å². The molecule has 0 aromatic carbocycles. The minimum absolute atomic E-state index is 0.331. The third-order valence-corrected chi connectivity index (χ3v) is 1.24. The van der Waals surface area contributed by atoms with Crippen LogP contribution in [0.15, 0.2) is 0 Å². The van der Waals surface area contributed by atoms with Crippen molar-refractivity contribution in [2.75, 3.05) is 0 Å². The predicted octanol–water partition coefficient (Wildman–Crippen LogP) is -5.05. The van der Waals surface area contributed by atoms with Crippen LogP contribution in [-0.2, 0) is 0 Å². The molecular formula is C2N8O4. The maximum atomic E-state index is 10.9. The van der Waals surface area contributed by atoms with Gasteiger partial charge in [-0.25, -0.2) is 0 Å². The average molecular weight is 200 g/mol. The average Bonchev–Trinajstić information content (AvgIpc) is 1.99. The molecule has 2 aromatic heterocycles. The first-order chi connectivity index (χ1) is 6.58. The molecule has 14 heavy (non-hydrogen) atoms. The van der Waals surface area contributed by atoms with Crippen LogP contribution in [0.1, 0.15) is 0 Å². The predicted molar refractivity (Wildman–Crippen MR) is 31.0 cm³/mol. The minimum atomic E-state index is -0.746. The standard InChI is InChI=1S/C2N8O4/c11-7-2-1(3-9(13)5-7)4-10(14)6-8(2)12. The zero-order chi connectivity index (χ0) is 10.3. The Labute approximate surface area is 73.5 Å². The van der Waals surface area contributed by atoms with Crippen LogP contribution in [0.3, 0.4) is 0 Å². The molecule has 2 rings (SSSR count). The van der Waals surface area contributed by atoms with E-state index in [9.17, 15) is 20.8 Å². The summed E-state index contributed by atoms with van der Waals surface area (Å²) in [5.74, 6) is 0. The molecule has 0 unspecified atom stereocenters. The molecule has 0 saturated heterocycles. The molecular weight excluding hydrogens is 200 g/mol. The Hall–Kier alpha value is -2.66. The van der Waals surface area contributed by atoms with Crippen molar-refractivity contribution in [3.63, 3.8) is 0 Å². The summed E-state index contributed by atoms with van der Waals surface area (Å²) in [6.07, 6.45) is 0. The maximum absolute atomic E-state index is 10.9. The maximum Gasteiger partial charge on any atom is 0.586 e. The molecule has 0 aliphatic rings. The number of hydrogen-bond donors (Lipinski definition) is 0. The van der Waals surface area contributed by atoms with E-state index in [1.165, 1.54) is 0 Å². The summed E-state index contributed by atoms with van der Waals surface area (Å²) in [5, 5.41) is 54.1. The van der Waals surface area contributed by atoms with Crippen molar-refractivity contribution in [3.8, 4) is 0 Å². The highest BCUT2D eigenvalue weighted by atomic mass is 16.6. The highest BCUT2D eigenvalue weighted by molar-refractivity contribution is 5.52. The van der Waals surface area contributed by atoms with Gasteiger partial charge in [0.1, 0.15) is 9.92 Å². The van der Waals surface area contributed by atoms with Gasteiger partial charge in [0.2, 0.25) is 0 Å². The van der Waals surface area contributed by atoms with Crippen LogP contribution < -0.4 is 19.6 Å². The van der Waals surface area contributed by atoms with Crippen LogP contribution in [0, 0.1) is 20.8 Å². The SMILES string of the molecule is [O-][n+]1nc2n[n+]([O-])n[n+]([O-])c2[n+]([O-])n1. The van der Waals surface area contributed by atoms with Gasteiger partial charge in [0.15, 0.2) is 0 Å². The van der Waals surface area contributed by atoms with Crippen molar-refractivity contribution in [2.45, 2.75) is 0 Å². The van der Waals surface area contributed by atoms with Gasteiger partial charge in [0, 0.05) is 0 Å². The summed E-state index contributed by atoms with van der Waals surface area (Å²) in [4.78, 5) is -1.41. The summed E-state index contributed by atoms with van der Waals surface area (Å²) in [5.41, 5.74) is -1.39. The molecule has 0 saturated carbocycles. The smallest absolute Gasteiger partial charge is 0.585 e. The van der Waals surface area contributed by atoms with Crippen molar-refractivity contribution in [3.05, 3.63) is 20.8 Å². The summed E-state index contributed by atoms with van der Waals surface area (Å²) in [6.45, 7) is 0. The molecule has 0 aliphatic carbocycles. The van der Waals surface area contributed by atoms with Crippen molar-refractivity contribution in [2.24, 2.45) is 0 Å². The van der Waals surface area contributed by atoms with E-state index in [0.717, 1.165) is 0 Å². The van der Waals surface area contributed by atoms with Crippen molar-refractivity contribution >= 4 is 11.3 Å². The van der Waals surface area contributed by atoms with E-state index in [1.807, 2.05) is 0 Å². The number of aromatic nitrogens is 8. The van der Waals surface area contributed by atoms with Crippen LogP contribution in [0.4, 0.5) is 0 Å². The lowest BCUT2D eigenvalue weighted by atomic mass is 10.7. The molecule has 0 radical (unpaired) electrons. The van der Waals surface area contributed by atoms with E-state index in [2.05, 4.69) is 20.6 Å². The largest absolute Gasteiger partial charge is 0.586 e. The van der Waals surface area contributed by atoms with Crippen molar-refractivity contribution in [1.29, 1.82) is 0 Å². The summed E-state index contributed by atoms with van der Waals surface area (Å²) < 4.78 is 0. The topological polar surface area (TPSA) is 159 Å². The van der Waals surface area contributed by atoms with E-state index in [4.69, 9.17) is 0 Å². The normalized spacial score (nSPS) is 10.6. The molecule has 0 N–H and O–H groups in total. The summed E-state index contributed by atoms with van der Waals surface area (Å²) in [7, 11) is 0. The van der Waals surface area contributed by atoms with Gasteiger partial charge in [-0.3, -0.25) is 0 Å². The quantitative estimate of drug-likeness (QED) is 0.301. The van der Waals surface area contributed by atoms with Gasteiger partial charge >= 0.3 is 21.7 Å². The van der Waals surface area contributed by atoms with Crippen LogP contribution in [0.25, 0.3) is 11.3 Å². The zero-order valence-electron chi connectivity index (χ0n) is 6.21. The first-order valence-corrected chi connectivity index (χ1v) is 3.07. The van der Waals surface area contributed by atoms with E-state index in [1.54, 1.807) is 0 Å². The fraction of sp³-hybridized carbons (Fsp3) is 0. The van der Waals surface area contributed by atoms with E-state index in [0.29, 0.717) is 0 Å². The third kappa shape index (κ3) is 1.01. The Morgan fingerprint density at radius 2 is 1.21 bits per heavy atom. The van der Waals surface area contributed by atoms with Crippen molar-refractivity contribution < 1.29 is 19.6 Å². The van der Waals surface area contributed by atoms with Crippen LogP contribution >= 0.6 is 0 Å². The van der Waals surface area contributed by atoms with Gasteiger partial charge in [-0.05, 0) is 0 Å². The molecule has 72 valence electrons. The van der Waals surface area contributed by atoms with E-state index < -0.39 is 11.3 Å². The van der Waals surface area contributed by atoms with E-state index in [-0.39, 0.29) is 19.6 Å². The Morgan fingerprint density at radius 3 is 1.64 bits per heavy atom. The van der Waals surface area contributed by atoms with E-state index >= 15 is 0 Å². The third-order valence-electron chi connectivity index (χ3n) is 1.24. The molecule has 0 amide bonds. The molecule has 0 fully saturated rings. The van der Waals surface area contributed by atoms with Gasteiger partial charge in [0.05, 0.1) is 19.9 Å². The Bertz CT molecular complexity index is 469. The van der Waals surface area contributed by atoms with Crippen LogP contribution in [0.5, 0.6) is 0 Å². The molecule has 0 spiro atoms. The monoisotopic (exact) mass is 200 g/mol. The second-order valence-electron chi connectivity index (χ2n) is 2.08. The van der Waals surface area contributed by atoms with Crippen LogP contribution in [-0.4, -0.2) is 20.6 Å². The Kier molecular flexibility index (Phi) is 1.37. The molecule has 0 bridgehead atoms. The first-order valence-electron chi connectivity index (χ1n) is 3.07. The molecule has 12 nitrogen and oxygen atoms in total. The Morgan fingerprint density at radius 1 is 0.786 bits per heavy atom. The van der Waals surface area contributed by atoms with Gasteiger partial charge in [-0.2, -0.15) is 0 Å². The fourth-order valence-electron chi connectivity index (χ4n) is 0.779. The molecule has 0 atom stereocenters. The van der Waals surface area contributed by atoms with Gasteiger partial charge in [0.25, 0.3) is 0 Å². The molecule has 0 aliphatic heterocycles. The van der Waals surface area contributed by atoms with Gasteiger partial charge in [-0.15, -0.1) is 0 Å². The molecule has 12 heteroatoms. The fourth-order valence-corrected chi connectivity index (χ4v) is 0.779. The molecule has 2 heterocycles. The summed E-state index contributed by atoms with van der Waals surface area (Å²) >= 11 is 0. The number of rotatable bonds is 0. The van der Waals surface area contributed by atoms with Gasteiger partial charge < -0.3 is 20.8 Å². The minimum Gasteiger partial charge on any atom is -0.585 e. The number of fused-ring (bicyclic) bond motifs is 1. The highest BCUT2D eigenvalue weighted by Gasteiger charge is 2.30.